The molecule has 0 saturated carbocycles. The molecule has 1 aliphatic rings. The number of rotatable bonds is 6. The average Bonchev–Trinajstić information content (AvgIpc) is 2.74. The van der Waals surface area contributed by atoms with Crippen molar-refractivity contribution in [1.29, 1.82) is 0 Å². The molecule has 1 saturated heterocycles. The summed E-state index contributed by atoms with van der Waals surface area (Å²) >= 11 is 0. The Morgan fingerprint density at radius 1 is 0.833 bits per heavy atom. The maximum Gasteiger partial charge on any atom is 0.261 e. The van der Waals surface area contributed by atoms with Gasteiger partial charge in [0.2, 0.25) is 0 Å². The number of methoxy groups -OCH3 is 1. The molecule has 1 heterocycles. The number of hydrogen-bond donors (Lipinski definition) is 3. The van der Waals surface area contributed by atoms with Crippen molar-refractivity contribution in [3.63, 3.8) is 0 Å². The monoisotopic (exact) mass is 432 g/mol. The molecule has 0 unspecified atom stereocenters. The molecule has 7 heteroatoms. The van der Waals surface area contributed by atoms with Crippen LogP contribution in [0.25, 0.3) is 0 Å². The predicted octanol–water partition coefficient (Wildman–Crippen LogP) is 1.02. The van der Waals surface area contributed by atoms with E-state index in [1.807, 2.05) is 36.4 Å². The van der Waals surface area contributed by atoms with Gasteiger partial charge in [0.15, 0.2) is 6.29 Å². The second kappa shape index (κ2) is 9.28. The zero-order valence-corrected chi connectivity index (χ0v) is 18.9. The third-order valence-corrected chi connectivity index (χ3v) is 10.8. The maximum absolute atomic E-state index is 10.5. The smallest absolute Gasteiger partial charge is 0.261 e. The summed E-state index contributed by atoms with van der Waals surface area (Å²) in [6, 6.07) is 20.3. The molecule has 3 N–H and O–H groups in total. The van der Waals surface area contributed by atoms with E-state index in [-0.39, 0.29) is 11.6 Å². The fraction of sp³-hybridized carbons (Fsp3) is 0.478. The van der Waals surface area contributed by atoms with Gasteiger partial charge in [-0.25, -0.2) is 0 Å². The van der Waals surface area contributed by atoms with E-state index in [1.54, 1.807) is 0 Å². The van der Waals surface area contributed by atoms with Gasteiger partial charge in [0.05, 0.1) is 6.61 Å². The largest absolute Gasteiger partial charge is 0.405 e. The Labute approximate surface area is 179 Å². The summed E-state index contributed by atoms with van der Waals surface area (Å²) in [5.41, 5.74) is 0. The third kappa shape index (κ3) is 4.24. The highest BCUT2D eigenvalue weighted by molar-refractivity contribution is 6.99. The van der Waals surface area contributed by atoms with Gasteiger partial charge in [0, 0.05) is 7.11 Å². The van der Waals surface area contributed by atoms with Gasteiger partial charge in [-0.2, -0.15) is 0 Å². The first-order valence-corrected chi connectivity index (χ1v) is 12.1. The molecule has 0 spiro atoms. The van der Waals surface area contributed by atoms with Crippen molar-refractivity contribution >= 4 is 18.7 Å². The van der Waals surface area contributed by atoms with Gasteiger partial charge in [-0.1, -0.05) is 81.4 Å². The molecule has 1 fully saturated rings. The highest BCUT2D eigenvalue weighted by Gasteiger charge is 2.52. The SMILES string of the molecule is CO[C@H]1O[C@H](CO[Si](c2ccccc2)(c2ccccc2)C(C)(C)C)[C@@H](O)[C@H](O)[C@H]1O. The van der Waals surface area contributed by atoms with E-state index < -0.39 is 39.0 Å². The highest BCUT2D eigenvalue weighted by atomic mass is 28.4. The zero-order valence-electron chi connectivity index (χ0n) is 17.9. The standard InChI is InChI=1S/C23H32O6Si/c1-23(2,3)30(16-11-7-5-8-12-16,17-13-9-6-10-14-17)28-15-18-19(24)20(25)21(26)22(27-4)29-18/h5-14,18-22,24-26H,15H2,1-4H3/t18-,19-,20+,21-,22+/m1/s1. The van der Waals surface area contributed by atoms with Gasteiger partial charge < -0.3 is 29.2 Å². The minimum Gasteiger partial charge on any atom is -0.405 e. The van der Waals surface area contributed by atoms with E-state index in [9.17, 15) is 15.3 Å². The van der Waals surface area contributed by atoms with Crippen LogP contribution in [0.1, 0.15) is 20.8 Å². The molecule has 0 radical (unpaired) electrons. The fourth-order valence-corrected chi connectivity index (χ4v) is 8.79. The van der Waals surface area contributed by atoms with Gasteiger partial charge in [0.25, 0.3) is 8.32 Å². The third-order valence-electron chi connectivity index (χ3n) is 5.78. The topological polar surface area (TPSA) is 88.4 Å². The van der Waals surface area contributed by atoms with E-state index in [4.69, 9.17) is 13.9 Å². The van der Waals surface area contributed by atoms with Crippen LogP contribution in [0.2, 0.25) is 5.04 Å². The van der Waals surface area contributed by atoms with Crippen LogP contribution in [0.3, 0.4) is 0 Å². The Hall–Kier alpha value is -1.58. The van der Waals surface area contributed by atoms with Crippen molar-refractivity contribution < 1.29 is 29.2 Å². The molecule has 0 aromatic heterocycles. The summed E-state index contributed by atoms with van der Waals surface area (Å²) in [5, 5.41) is 32.8. The molecule has 0 amide bonds. The van der Waals surface area contributed by atoms with Crippen LogP contribution >= 0.6 is 0 Å². The molecule has 5 atom stereocenters. The van der Waals surface area contributed by atoms with Gasteiger partial charge in [-0.15, -0.1) is 0 Å². The Morgan fingerprint density at radius 3 is 1.77 bits per heavy atom. The lowest BCUT2D eigenvalue weighted by molar-refractivity contribution is -0.293. The van der Waals surface area contributed by atoms with Crippen LogP contribution < -0.4 is 10.4 Å². The summed E-state index contributed by atoms with van der Waals surface area (Å²) in [7, 11) is -1.42. The van der Waals surface area contributed by atoms with Crippen LogP contribution in [0.4, 0.5) is 0 Å². The van der Waals surface area contributed by atoms with Gasteiger partial charge in [-0.05, 0) is 15.4 Å². The highest BCUT2D eigenvalue weighted by Crippen LogP contribution is 2.37. The van der Waals surface area contributed by atoms with Crippen molar-refractivity contribution in [1.82, 2.24) is 0 Å². The molecule has 164 valence electrons. The number of ether oxygens (including phenoxy) is 2. The first-order valence-electron chi connectivity index (χ1n) is 10.2. The zero-order chi connectivity index (χ0) is 21.9. The molecule has 3 rings (SSSR count). The van der Waals surface area contributed by atoms with E-state index in [0.717, 1.165) is 10.4 Å². The van der Waals surface area contributed by atoms with E-state index >= 15 is 0 Å². The number of hydrogen-bond acceptors (Lipinski definition) is 6. The van der Waals surface area contributed by atoms with Crippen molar-refractivity contribution in [3.05, 3.63) is 60.7 Å². The predicted molar refractivity (Wildman–Crippen MR) is 117 cm³/mol. The van der Waals surface area contributed by atoms with Crippen LogP contribution in [-0.4, -0.2) is 68.1 Å². The number of aliphatic hydroxyl groups is 3. The van der Waals surface area contributed by atoms with Crippen LogP contribution in [0.15, 0.2) is 60.7 Å². The average molecular weight is 433 g/mol. The van der Waals surface area contributed by atoms with E-state index in [0.29, 0.717) is 0 Å². The minimum atomic E-state index is -2.81. The summed E-state index contributed by atoms with van der Waals surface area (Å²) in [6.07, 6.45) is -5.86. The first kappa shape index (κ1) is 23.1. The second-order valence-corrected chi connectivity index (χ2v) is 13.0. The second-order valence-electron chi connectivity index (χ2n) is 8.72. The van der Waals surface area contributed by atoms with Crippen LogP contribution in [-0.2, 0) is 13.9 Å². The molecule has 1 aliphatic heterocycles. The van der Waals surface area contributed by atoms with Gasteiger partial charge in [-0.3, -0.25) is 0 Å². The van der Waals surface area contributed by atoms with Crippen molar-refractivity contribution in [2.45, 2.75) is 56.5 Å². The minimum absolute atomic E-state index is 0.0537. The quantitative estimate of drug-likeness (QED) is 0.591. The Morgan fingerprint density at radius 2 is 1.33 bits per heavy atom. The van der Waals surface area contributed by atoms with Gasteiger partial charge >= 0.3 is 0 Å². The lowest BCUT2D eigenvalue weighted by Gasteiger charge is -2.45. The normalized spacial score (nSPS) is 27.8. The molecular weight excluding hydrogens is 400 g/mol. The van der Waals surface area contributed by atoms with E-state index in [1.165, 1.54) is 7.11 Å². The summed E-state index contributed by atoms with van der Waals surface area (Å²) in [5.74, 6) is 0. The summed E-state index contributed by atoms with van der Waals surface area (Å²) < 4.78 is 17.6. The number of benzene rings is 2. The lowest BCUT2D eigenvalue weighted by Crippen LogP contribution is -2.68. The van der Waals surface area contributed by atoms with Crippen molar-refractivity contribution in [3.8, 4) is 0 Å². The molecule has 30 heavy (non-hydrogen) atoms. The van der Waals surface area contributed by atoms with Crippen molar-refractivity contribution in [2.75, 3.05) is 13.7 Å². The Bertz CT molecular complexity index is 753. The molecule has 2 aromatic carbocycles. The van der Waals surface area contributed by atoms with Crippen LogP contribution in [0, 0.1) is 0 Å². The molecule has 0 bridgehead atoms. The molecule has 2 aromatic rings. The number of aliphatic hydroxyl groups excluding tert-OH is 3. The molecule has 6 nitrogen and oxygen atoms in total. The fourth-order valence-electron chi connectivity index (χ4n) is 4.22. The first-order chi connectivity index (χ1) is 14.2. The summed E-state index contributed by atoms with van der Waals surface area (Å²) in [4.78, 5) is 0. The Kier molecular flexibility index (Phi) is 7.14. The van der Waals surface area contributed by atoms with Gasteiger partial charge in [0.1, 0.15) is 24.4 Å². The Balaban J connectivity index is 2.00. The molecule has 0 aliphatic carbocycles. The van der Waals surface area contributed by atoms with Crippen LogP contribution in [0.5, 0.6) is 0 Å². The van der Waals surface area contributed by atoms with Crippen molar-refractivity contribution in [2.24, 2.45) is 0 Å². The summed E-state index contributed by atoms with van der Waals surface area (Å²) in [6.45, 7) is 6.54. The lowest BCUT2D eigenvalue weighted by atomic mass is 9.99. The van der Waals surface area contributed by atoms with E-state index in [2.05, 4.69) is 45.0 Å². The maximum atomic E-state index is 10.5. The molecular formula is C23H32O6Si.